The van der Waals surface area contributed by atoms with Gasteiger partial charge in [0.25, 0.3) is 0 Å². The van der Waals surface area contributed by atoms with E-state index in [9.17, 15) is 30.3 Å². The first-order valence-electron chi connectivity index (χ1n) is 19.4. The summed E-state index contributed by atoms with van der Waals surface area (Å²) >= 11 is 0. The Morgan fingerprint density at radius 3 is 1.66 bits per heavy atom. The van der Waals surface area contributed by atoms with Crippen LogP contribution in [0.2, 0.25) is 0 Å². The Bertz CT molecular complexity index is 751. The molecule has 4 unspecified atom stereocenters. The molecule has 7 atom stereocenters. The molecule has 9 heteroatoms. The highest BCUT2D eigenvalue weighted by Gasteiger charge is 2.44. The summed E-state index contributed by atoms with van der Waals surface area (Å²) in [6.45, 7) is 3.74. The third kappa shape index (κ3) is 21.6. The van der Waals surface area contributed by atoms with Crippen molar-refractivity contribution in [2.75, 3.05) is 13.2 Å². The minimum absolute atomic E-state index is 0.179. The van der Waals surface area contributed by atoms with E-state index in [1.54, 1.807) is 6.08 Å². The molecule has 0 aromatic rings. The van der Waals surface area contributed by atoms with Gasteiger partial charge in [-0.15, -0.1) is 0 Å². The molecule has 0 spiro atoms. The largest absolute Gasteiger partial charge is 0.394 e. The van der Waals surface area contributed by atoms with E-state index >= 15 is 0 Å². The summed E-state index contributed by atoms with van der Waals surface area (Å²) in [7, 11) is 0. The number of hydrogen-bond donors (Lipinski definition) is 6. The average molecular weight is 672 g/mol. The summed E-state index contributed by atoms with van der Waals surface area (Å²) in [5.74, 6) is -0.179. The Morgan fingerprint density at radius 2 is 1.17 bits per heavy atom. The normalized spacial score (nSPS) is 22.9. The third-order valence-electron chi connectivity index (χ3n) is 9.36. The van der Waals surface area contributed by atoms with Gasteiger partial charge in [-0.3, -0.25) is 4.79 Å². The van der Waals surface area contributed by atoms with E-state index in [2.05, 4.69) is 19.2 Å². The number of nitrogens with one attached hydrogen (secondary N) is 1. The molecular formula is C38H73NO8. The molecule has 0 aliphatic carbocycles. The van der Waals surface area contributed by atoms with Crippen molar-refractivity contribution in [1.29, 1.82) is 0 Å². The predicted molar refractivity (Wildman–Crippen MR) is 189 cm³/mol. The molecule has 1 aliphatic rings. The fourth-order valence-corrected chi connectivity index (χ4v) is 6.15. The number of carbonyl (C=O) groups is 1. The topological polar surface area (TPSA) is 149 Å². The van der Waals surface area contributed by atoms with E-state index in [1.807, 2.05) is 6.08 Å². The third-order valence-corrected chi connectivity index (χ3v) is 9.36. The zero-order valence-electron chi connectivity index (χ0n) is 30.0. The van der Waals surface area contributed by atoms with Gasteiger partial charge in [0, 0.05) is 6.42 Å². The molecule has 1 heterocycles. The van der Waals surface area contributed by atoms with E-state index in [4.69, 9.17) is 9.47 Å². The first-order valence-corrected chi connectivity index (χ1v) is 19.4. The van der Waals surface area contributed by atoms with Crippen LogP contribution in [0.3, 0.4) is 0 Å². The van der Waals surface area contributed by atoms with Gasteiger partial charge in [-0.25, -0.2) is 0 Å². The van der Waals surface area contributed by atoms with Crippen LogP contribution in [0.25, 0.3) is 0 Å². The van der Waals surface area contributed by atoms with Crippen molar-refractivity contribution >= 4 is 5.91 Å². The lowest BCUT2D eigenvalue weighted by molar-refractivity contribution is -0.302. The Hall–Kier alpha value is -1.07. The second-order valence-electron chi connectivity index (χ2n) is 13.7. The molecule has 47 heavy (non-hydrogen) atoms. The van der Waals surface area contributed by atoms with Crippen molar-refractivity contribution in [2.45, 2.75) is 211 Å². The molecule has 0 bridgehead atoms. The number of aliphatic hydroxyl groups is 5. The van der Waals surface area contributed by atoms with Gasteiger partial charge in [-0.2, -0.15) is 0 Å². The quantitative estimate of drug-likeness (QED) is 0.0357. The molecule has 1 aliphatic heterocycles. The number of rotatable bonds is 31. The van der Waals surface area contributed by atoms with Crippen LogP contribution in [0, 0.1) is 0 Å². The van der Waals surface area contributed by atoms with Gasteiger partial charge in [-0.05, 0) is 19.3 Å². The van der Waals surface area contributed by atoms with E-state index in [0.717, 1.165) is 38.5 Å². The molecule has 278 valence electrons. The van der Waals surface area contributed by atoms with Crippen LogP contribution in [-0.4, -0.2) is 87.5 Å². The maximum Gasteiger partial charge on any atom is 0.220 e. The van der Waals surface area contributed by atoms with Crippen LogP contribution in [0.5, 0.6) is 0 Å². The Kier molecular flexibility index (Phi) is 27.9. The summed E-state index contributed by atoms with van der Waals surface area (Å²) in [5, 5.41) is 53.8. The highest BCUT2D eigenvalue weighted by Crippen LogP contribution is 2.22. The molecule has 1 saturated heterocycles. The lowest BCUT2D eigenvalue weighted by Crippen LogP contribution is -2.60. The second-order valence-corrected chi connectivity index (χ2v) is 13.7. The standard InChI is InChI=1S/C38H73NO8/c1-3-5-7-9-11-13-15-16-18-19-21-23-25-27-32(41)31(30-46-38-37(45)36(44)35(43)33(29-40)47-38)39-34(42)28-26-24-22-20-17-14-12-10-8-6-4-2/h25,27,31-33,35-38,40-41,43-45H,3-24,26,28-30H2,1-2H3,(H,39,42)/b27-25+/t31-,32+,33?,35?,36-,37?,38?/m0/s1. The molecule has 0 saturated carbocycles. The number of amides is 1. The first-order chi connectivity index (χ1) is 22.8. The highest BCUT2D eigenvalue weighted by molar-refractivity contribution is 5.76. The van der Waals surface area contributed by atoms with Crippen molar-refractivity contribution in [3.05, 3.63) is 12.2 Å². The Labute approximate surface area is 286 Å². The number of ether oxygens (including phenoxy) is 2. The summed E-state index contributed by atoms with van der Waals surface area (Å²) < 4.78 is 11.1. The predicted octanol–water partition coefficient (Wildman–Crippen LogP) is 6.61. The van der Waals surface area contributed by atoms with Gasteiger partial charge in [-0.1, -0.05) is 154 Å². The fourth-order valence-electron chi connectivity index (χ4n) is 6.15. The lowest BCUT2D eigenvalue weighted by Gasteiger charge is -2.40. The number of allylic oxidation sites excluding steroid dienone is 1. The van der Waals surface area contributed by atoms with E-state index in [1.165, 1.54) is 109 Å². The first kappa shape index (κ1) is 44.0. The van der Waals surface area contributed by atoms with Crippen LogP contribution in [-0.2, 0) is 14.3 Å². The zero-order valence-corrected chi connectivity index (χ0v) is 30.0. The molecule has 1 amide bonds. The maximum absolute atomic E-state index is 12.8. The van der Waals surface area contributed by atoms with Crippen LogP contribution in [0.4, 0.5) is 0 Å². The van der Waals surface area contributed by atoms with Gasteiger partial charge < -0.3 is 40.3 Å². The number of aliphatic hydroxyl groups excluding tert-OH is 5. The number of carbonyl (C=O) groups excluding carboxylic acids is 1. The van der Waals surface area contributed by atoms with Crippen LogP contribution in [0.1, 0.15) is 168 Å². The van der Waals surface area contributed by atoms with Crippen molar-refractivity contribution < 1.29 is 39.8 Å². The fraction of sp³-hybridized carbons (Fsp3) is 0.921. The molecule has 0 aromatic heterocycles. The minimum Gasteiger partial charge on any atom is -0.394 e. The number of unbranched alkanes of at least 4 members (excludes halogenated alkanes) is 21. The summed E-state index contributed by atoms with van der Waals surface area (Å²) in [6.07, 6.45) is 23.9. The smallest absolute Gasteiger partial charge is 0.220 e. The molecule has 6 N–H and O–H groups in total. The summed E-state index contributed by atoms with van der Waals surface area (Å²) in [4.78, 5) is 12.8. The van der Waals surface area contributed by atoms with Gasteiger partial charge in [0.1, 0.15) is 24.4 Å². The monoisotopic (exact) mass is 672 g/mol. The van der Waals surface area contributed by atoms with Crippen molar-refractivity contribution in [3.8, 4) is 0 Å². The Morgan fingerprint density at radius 1 is 0.702 bits per heavy atom. The minimum atomic E-state index is -1.56. The SMILES string of the molecule is CCCCCCCCCCCCC/C=C/[C@@H](O)[C@H](COC1OC(CO)C(O)[C@H](O)C1O)NC(=O)CCCCCCCCCCCCC. The highest BCUT2D eigenvalue weighted by atomic mass is 16.7. The average Bonchev–Trinajstić information content (AvgIpc) is 3.07. The van der Waals surface area contributed by atoms with Gasteiger partial charge in [0.2, 0.25) is 5.91 Å². The Balaban J connectivity index is 2.46. The van der Waals surface area contributed by atoms with Crippen LogP contribution in [0.15, 0.2) is 12.2 Å². The summed E-state index contributed by atoms with van der Waals surface area (Å²) in [5.41, 5.74) is 0. The van der Waals surface area contributed by atoms with Crippen molar-refractivity contribution in [2.24, 2.45) is 0 Å². The lowest BCUT2D eigenvalue weighted by atomic mass is 9.99. The molecule has 0 aromatic carbocycles. The molecule has 1 fully saturated rings. The zero-order chi connectivity index (χ0) is 34.5. The second kappa shape index (κ2) is 29.8. The molecule has 1 rings (SSSR count). The molecule has 9 nitrogen and oxygen atoms in total. The van der Waals surface area contributed by atoms with Crippen molar-refractivity contribution in [3.63, 3.8) is 0 Å². The van der Waals surface area contributed by atoms with Crippen LogP contribution < -0.4 is 5.32 Å². The van der Waals surface area contributed by atoms with Gasteiger partial charge in [0.05, 0.1) is 25.4 Å². The van der Waals surface area contributed by atoms with E-state index in [0.29, 0.717) is 6.42 Å². The van der Waals surface area contributed by atoms with Crippen LogP contribution >= 0.6 is 0 Å². The van der Waals surface area contributed by atoms with E-state index in [-0.39, 0.29) is 12.5 Å². The van der Waals surface area contributed by atoms with Crippen molar-refractivity contribution in [1.82, 2.24) is 5.32 Å². The molecule has 0 radical (unpaired) electrons. The maximum atomic E-state index is 12.8. The molecular weight excluding hydrogens is 598 g/mol. The summed E-state index contributed by atoms with van der Waals surface area (Å²) in [6, 6.07) is -0.795. The van der Waals surface area contributed by atoms with Gasteiger partial charge >= 0.3 is 0 Å². The number of hydrogen-bond acceptors (Lipinski definition) is 8. The van der Waals surface area contributed by atoms with Gasteiger partial charge in [0.15, 0.2) is 6.29 Å². The van der Waals surface area contributed by atoms with E-state index < -0.39 is 49.5 Å².